The van der Waals surface area contributed by atoms with Crippen molar-refractivity contribution in [1.29, 1.82) is 0 Å². The minimum absolute atomic E-state index is 0.866. The molecule has 1 saturated heterocycles. The summed E-state index contributed by atoms with van der Waals surface area (Å²) in [7, 11) is 3.39. The van der Waals surface area contributed by atoms with Gasteiger partial charge in [0.2, 0.25) is 0 Å². The van der Waals surface area contributed by atoms with Gasteiger partial charge in [0.05, 0.1) is 0 Å². The van der Waals surface area contributed by atoms with Gasteiger partial charge in [-0.3, -0.25) is 0 Å². The van der Waals surface area contributed by atoms with E-state index in [1.165, 1.54) is 18.9 Å². The Labute approximate surface area is 58.6 Å². The van der Waals surface area contributed by atoms with E-state index in [9.17, 15) is 0 Å². The molecule has 1 aliphatic heterocycles. The summed E-state index contributed by atoms with van der Waals surface area (Å²) in [4.78, 5) is 0. The van der Waals surface area contributed by atoms with Gasteiger partial charge in [0, 0.05) is 6.61 Å². The molecule has 1 aliphatic rings. The molecule has 0 aromatic carbocycles. The lowest BCUT2D eigenvalue weighted by atomic mass is 10.4. The molecule has 0 saturated carbocycles. The summed E-state index contributed by atoms with van der Waals surface area (Å²) in [6, 6.07) is 1.34. The molecule has 3 heteroatoms. The van der Waals surface area contributed by atoms with E-state index in [0.717, 1.165) is 6.61 Å². The predicted octanol–water partition coefficient (Wildman–Crippen LogP) is 0.579. The average molecular weight is 145 g/mol. The molecular formula is C6H15NOSi. The highest BCUT2D eigenvalue weighted by atomic mass is 28.3. The van der Waals surface area contributed by atoms with Gasteiger partial charge < -0.3 is 8.99 Å². The standard InChI is InChI=1S/C6H15NOSi/c1-7(2)9-6-4-3-5-8-9/h9H,3-6H2,1-2H3. The molecule has 0 aromatic heterocycles. The largest absolute Gasteiger partial charge is 0.405 e. The van der Waals surface area contributed by atoms with Gasteiger partial charge in [-0.15, -0.1) is 0 Å². The van der Waals surface area contributed by atoms with Gasteiger partial charge in [0.25, 0.3) is 9.20 Å². The third-order valence-electron chi connectivity index (χ3n) is 1.73. The van der Waals surface area contributed by atoms with E-state index in [1.807, 2.05) is 0 Å². The summed E-state index contributed by atoms with van der Waals surface area (Å²) in [5, 5.41) is 0. The minimum atomic E-state index is -0.866. The molecule has 0 amide bonds. The Morgan fingerprint density at radius 2 is 2.11 bits per heavy atom. The SMILES string of the molecule is CN(C)[SiH]1CCCCO1. The highest BCUT2D eigenvalue weighted by molar-refractivity contribution is 6.48. The molecule has 0 N–H and O–H groups in total. The zero-order chi connectivity index (χ0) is 6.69. The first-order valence-electron chi connectivity index (χ1n) is 3.59. The van der Waals surface area contributed by atoms with Crippen LogP contribution in [-0.4, -0.2) is 34.5 Å². The smallest absolute Gasteiger partial charge is 0.254 e. The van der Waals surface area contributed by atoms with Crippen LogP contribution in [0.3, 0.4) is 0 Å². The lowest BCUT2D eigenvalue weighted by Gasteiger charge is -2.26. The lowest BCUT2D eigenvalue weighted by molar-refractivity contribution is 0.254. The maximum absolute atomic E-state index is 5.60. The molecule has 1 unspecified atom stereocenters. The fourth-order valence-electron chi connectivity index (χ4n) is 1.13. The van der Waals surface area contributed by atoms with Gasteiger partial charge >= 0.3 is 0 Å². The van der Waals surface area contributed by atoms with Crippen LogP contribution in [0.2, 0.25) is 6.04 Å². The van der Waals surface area contributed by atoms with Gasteiger partial charge in [-0.2, -0.15) is 0 Å². The van der Waals surface area contributed by atoms with E-state index < -0.39 is 9.20 Å². The third kappa shape index (κ3) is 2.08. The summed E-state index contributed by atoms with van der Waals surface area (Å²) in [6.45, 7) is 1.01. The molecule has 1 rings (SSSR count). The van der Waals surface area contributed by atoms with Gasteiger partial charge in [-0.05, 0) is 26.6 Å². The molecule has 1 heterocycles. The van der Waals surface area contributed by atoms with E-state index in [0.29, 0.717) is 0 Å². The number of rotatable bonds is 1. The van der Waals surface area contributed by atoms with E-state index >= 15 is 0 Å². The van der Waals surface area contributed by atoms with Gasteiger partial charge in [-0.25, -0.2) is 0 Å². The zero-order valence-corrected chi connectivity index (χ0v) is 7.42. The average Bonchev–Trinajstić information content (AvgIpc) is 1.90. The van der Waals surface area contributed by atoms with Crippen molar-refractivity contribution < 1.29 is 4.43 Å². The third-order valence-corrected chi connectivity index (χ3v) is 4.41. The quantitative estimate of drug-likeness (QED) is 0.500. The first-order valence-corrected chi connectivity index (χ1v) is 5.39. The van der Waals surface area contributed by atoms with E-state index in [-0.39, 0.29) is 0 Å². The Hall–Kier alpha value is 0.137. The summed E-state index contributed by atoms with van der Waals surface area (Å²) >= 11 is 0. The summed E-state index contributed by atoms with van der Waals surface area (Å²) < 4.78 is 7.88. The summed E-state index contributed by atoms with van der Waals surface area (Å²) in [5.41, 5.74) is 0. The predicted molar refractivity (Wildman–Crippen MR) is 40.8 cm³/mol. The Morgan fingerprint density at radius 3 is 2.44 bits per heavy atom. The van der Waals surface area contributed by atoms with Crippen LogP contribution in [0, 0.1) is 0 Å². The van der Waals surface area contributed by atoms with Crippen molar-refractivity contribution in [3.05, 3.63) is 0 Å². The van der Waals surface area contributed by atoms with Gasteiger partial charge in [0.15, 0.2) is 0 Å². The molecule has 2 nitrogen and oxygen atoms in total. The molecular weight excluding hydrogens is 130 g/mol. The molecule has 9 heavy (non-hydrogen) atoms. The van der Waals surface area contributed by atoms with Crippen molar-refractivity contribution >= 4 is 9.20 Å². The van der Waals surface area contributed by atoms with Crippen LogP contribution >= 0.6 is 0 Å². The fourth-order valence-corrected chi connectivity index (χ4v) is 3.19. The van der Waals surface area contributed by atoms with E-state index in [1.54, 1.807) is 0 Å². The molecule has 1 fully saturated rings. The maximum atomic E-state index is 5.60. The van der Waals surface area contributed by atoms with Crippen LogP contribution in [0.1, 0.15) is 12.8 Å². The second-order valence-corrected chi connectivity index (χ2v) is 5.64. The highest BCUT2D eigenvalue weighted by Crippen LogP contribution is 2.11. The zero-order valence-electron chi connectivity index (χ0n) is 6.26. The van der Waals surface area contributed by atoms with Crippen LogP contribution in [0.5, 0.6) is 0 Å². The van der Waals surface area contributed by atoms with E-state index in [4.69, 9.17) is 4.43 Å². The van der Waals surface area contributed by atoms with Crippen molar-refractivity contribution in [3.63, 3.8) is 0 Å². The molecule has 0 spiro atoms. The normalized spacial score (nSPS) is 29.0. The summed E-state index contributed by atoms with van der Waals surface area (Å²) in [6.07, 6.45) is 2.66. The van der Waals surface area contributed by atoms with Crippen LogP contribution in [0.15, 0.2) is 0 Å². The topological polar surface area (TPSA) is 12.5 Å². The first kappa shape index (κ1) is 7.25. The minimum Gasteiger partial charge on any atom is -0.405 e. The molecule has 0 radical (unpaired) electrons. The Morgan fingerprint density at radius 1 is 1.33 bits per heavy atom. The van der Waals surface area contributed by atoms with Crippen LogP contribution in [-0.2, 0) is 4.43 Å². The Balaban J connectivity index is 2.23. The van der Waals surface area contributed by atoms with Gasteiger partial charge in [-0.1, -0.05) is 6.42 Å². The fraction of sp³-hybridized carbons (Fsp3) is 1.00. The van der Waals surface area contributed by atoms with Gasteiger partial charge in [0.1, 0.15) is 0 Å². The Kier molecular flexibility index (Phi) is 2.69. The van der Waals surface area contributed by atoms with Crippen molar-refractivity contribution in [2.24, 2.45) is 0 Å². The number of nitrogens with zero attached hydrogens (tertiary/aromatic N) is 1. The van der Waals surface area contributed by atoms with Crippen LogP contribution in [0.25, 0.3) is 0 Å². The number of hydrogen-bond acceptors (Lipinski definition) is 2. The lowest BCUT2D eigenvalue weighted by Crippen LogP contribution is -2.38. The van der Waals surface area contributed by atoms with Crippen molar-refractivity contribution in [3.8, 4) is 0 Å². The van der Waals surface area contributed by atoms with Crippen molar-refractivity contribution in [2.75, 3.05) is 20.7 Å². The molecule has 1 atom stereocenters. The van der Waals surface area contributed by atoms with Crippen molar-refractivity contribution in [2.45, 2.75) is 18.9 Å². The molecule has 0 aliphatic carbocycles. The highest BCUT2D eigenvalue weighted by Gasteiger charge is 2.17. The maximum Gasteiger partial charge on any atom is 0.254 e. The van der Waals surface area contributed by atoms with Crippen molar-refractivity contribution in [1.82, 2.24) is 4.57 Å². The monoisotopic (exact) mass is 145 g/mol. The number of hydrogen-bond donors (Lipinski definition) is 0. The molecule has 0 aromatic rings. The van der Waals surface area contributed by atoms with Crippen LogP contribution < -0.4 is 0 Å². The summed E-state index contributed by atoms with van der Waals surface area (Å²) in [5.74, 6) is 0. The van der Waals surface area contributed by atoms with E-state index in [2.05, 4.69) is 18.7 Å². The Bertz CT molecular complexity index is 81.1. The molecule has 54 valence electrons. The molecule has 0 bridgehead atoms. The second-order valence-electron chi connectivity index (χ2n) is 2.78. The van der Waals surface area contributed by atoms with Crippen LogP contribution in [0.4, 0.5) is 0 Å². The second kappa shape index (κ2) is 3.34. The first-order chi connectivity index (χ1) is 4.30.